The van der Waals surface area contributed by atoms with E-state index in [9.17, 15) is 0 Å². The molecule has 6 heteroatoms. The minimum Gasteiger partial charge on any atom is -0.409 e. The first kappa shape index (κ1) is 11.5. The lowest BCUT2D eigenvalue weighted by Gasteiger charge is -2.15. The molecule has 0 unspecified atom stereocenters. The van der Waals surface area contributed by atoms with Crippen molar-refractivity contribution in [1.82, 2.24) is 14.5 Å². The first-order chi connectivity index (χ1) is 7.22. The molecule has 15 heavy (non-hydrogen) atoms. The predicted octanol–water partition coefficient (Wildman–Crippen LogP) is -0.0486. The van der Waals surface area contributed by atoms with Gasteiger partial charge in [0.1, 0.15) is 0 Å². The first-order valence-electron chi connectivity index (χ1n) is 4.83. The highest BCUT2D eigenvalue weighted by Gasteiger charge is 2.01. The molecule has 0 fully saturated rings. The lowest BCUT2D eigenvalue weighted by molar-refractivity contribution is 0.307. The van der Waals surface area contributed by atoms with Crippen LogP contribution >= 0.6 is 0 Å². The maximum atomic E-state index is 8.38. The van der Waals surface area contributed by atoms with Crippen LogP contribution in [0, 0.1) is 0 Å². The molecule has 84 valence electrons. The average Bonchev–Trinajstić information content (AvgIpc) is 2.70. The van der Waals surface area contributed by atoms with Gasteiger partial charge < -0.3 is 15.5 Å². The van der Waals surface area contributed by atoms with Crippen molar-refractivity contribution in [3.05, 3.63) is 18.7 Å². The maximum absolute atomic E-state index is 8.38. The second-order valence-electron chi connectivity index (χ2n) is 3.48. The number of aromatic nitrogens is 2. The number of hydrogen-bond acceptors (Lipinski definition) is 4. The number of likely N-dealkylation sites (N-methyl/N-ethyl adjacent to an activating group) is 1. The van der Waals surface area contributed by atoms with Gasteiger partial charge in [0.15, 0.2) is 5.84 Å². The molecule has 0 atom stereocenters. The smallest absolute Gasteiger partial charge is 0.153 e. The van der Waals surface area contributed by atoms with Gasteiger partial charge in [-0.25, -0.2) is 4.98 Å². The fraction of sp³-hybridized carbons (Fsp3) is 0.556. The molecular formula is C9H17N5O. The predicted molar refractivity (Wildman–Crippen MR) is 57.7 cm³/mol. The van der Waals surface area contributed by atoms with Crippen molar-refractivity contribution in [3.8, 4) is 0 Å². The Hall–Kier alpha value is -1.56. The van der Waals surface area contributed by atoms with Gasteiger partial charge in [-0.15, -0.1) is 0 Å². The van der Waals surface area contributed by atoms with Crippen molar-refractivity contribution >= 4 is 5.84 Å². The number of nitrogens with zero attached hydrogens (tertiary/aromatic N) is 4. The number of imidazole rings is 1. The molecule has 0 spiro atoms. The van der Waals surface area contributed by atoms with E-state index in [4.69, 9.17) is 10.9 Å². The van der Waals surface area contributed by atoms with Crippen molar-refractivity contribution in [1.29, 1.82) is 0 Å². The highest BCUT2D eigenvalue weighted by Crippen LogP contribution is 1.93. The fourth-order valence-electron chi connectivity index (χ4n) is 1.33. The third-order valence-electron chi connectivity index (χ3n) is 2.08. The summed E-state index contributed by atoms with van der Waals surface area (Å²) < 4.78 is 2.03. The van der Waals surface area contributed by atoms with Crippen LogP contribution < -0.4 is 5.73 Å². The van der Waals surface area contributed by atoms with Crippen LogP contribution in [0.2, 0.25) is 0 Å². The van der Waals surface area contributed by atoms with Gasteiger partial charge in [0, 0.05) is 25.5 Å². The Balaban J connectivity index is 2.14. The van der Waals surface area contributed by atoms with Gasteiger partial charge in [0.05, 0.1) is 12.9 Å². The first-order valence-corrected chi connectivity index (χ1v) is 4.83. The van der Waals surface area contributed by atoms with Gasteiger partial charge in [0.2, 0.25) is 0 Å². The van der Waals surface area contributed by atoms with Crippen LogP contribution in [0.4, 0.5) is 0 Å². The number of amidine groups is 1. The van der Waals surface area contributed by atoms with E-state index >= 15 is 0 Å². The van der Waals surface area contributed by atoms with Crippen LogP contribution in [0.1, 0.15) is 6.42 Å². The SMILES string of the molecule is CN(CCCn1ccnc1)CC(N)=NO. The molecule has 1 aromatic heterocycles. The molecule has 0 aromatic carbocycles. The van der Waals surface area contributed by atoms with Crippen LogP contribution in [0.25, 0.3) is 0 Å². The number of aryl methyl sites for hydroxylation is 1. The van der Waals surface area contributed by atoms with E-state index in [1.54, 1.807) is 12.5 Å². The molecule has 0 aliphatic heterocycles. The Bertz CT molecular complexity index is 295. The summed E-state index contributed by atoms with van der Waals surface area (Å²) in [5.41, 5.74) is 5.38. The monoisotopic (exact) mass is 211 g/mol. The molecule has 1 rings (SSSR count). The van der Waals surface area contributed by atoms with Crippen molar-refractivity contribution in [2.45, 2.75) is 13.0 Å². The topological polar surface area (TPSA) is 79.7 Å². The summed E-state index contributed by atoms with van der Waals surface area (Å²) in [7, 11) is 1.94. The Morgan fingerprint density at radius 3 is 3.07 bits per heavy atom. The fourth-order valence-corrected chi connectivity index (χ4v) is 1.33. The van der Waals surface area contributed by atoms with E-state index in [1.165, 1.54) is 0 Å². The maximum Gasteiger partial charge on any atom is 0.153 e. The quantitative estimate of drug-likeness (QED) is 0.299. The Labute approximate surface area is 89.0 Å². The Morgan fingerprint density at radius 1 is 1.67 bits per heavy atom. The molecular weight excluding hydrogens is 194 g/mol. The second-order valence-corrected chi connectivity index (χ2v) is 3.48. The summed E-state index contributed by atoms with van der Waals surface area (Å²) in [4.78, 5) is 5.96. The van der Waals surface area contributed by atoms with E-state index in [0.717, 1.165) is 19.5 Å². The molecule has 6 nitrogen and oxygen atoms in total. The van der Waals surface area contributed by atoms with Gasteiger partial charge in [-0.3, -0.25) is 4.90 Å². The molecule has 1 aromatic rings. The lowest BCUT2D eigenvalue weighted by Crippen LogP contribution is -2.32. The van der Waals surface area contributed by atoms with E-state index < -0.39 is 0 Å². The minimum atomic E-state index is 0.236. The van der Waals surface area contributed by atoms with E-state index in [0.29, 0.717) is 6.54 Å². The van der Waals surface area contributed by atoms with Crippen LogP contribution in [0.15, 0.2) is 23.9 Å². The van der Waals surface area contributed by atoms with Crippen LogP contribution in [-0.4, -0.2) is 45.6 Å². The van der Waals surface area contributed by atoms with Crippen LogP contribution in [0.3, 0.4) is 0 Å². The summed E-state index contributed by atoms with van der Waals surface area (Å²) in [6.45, 7) is 2.31. The van der Waals surface area contributed by atoms with Crippen molar-refractivity contribution in [2.24, 2.45) is 10.9 Å². The largest absolute Gasteiger partial charge is 0.409 e. The zero-order valence-corrected chi connectivity index (χ0v) is 8.87. The van der Waals surface area contributed by atoms with E-state index in [-0.39, 0.29) is 5.84 Å². The third-order valence-corrected chi connectivity index (χ3v) is 2.08. The summed E-state index contributed by atoms with van der Waals surface area (Å²) >= 11 is 0. The molecule has 0 amide bonds. The minimum absolute atomic E-state index is 0.236. The summed E-state index contributed by atoms with van der Waals surface area (Å²) in [6.07, 6.45) is 6.50. The van der Waals surface area contributed by atoms with Gasteiger partial charge in [0.25, 0.3) is 0 Å². The molecule has 0 aliphatic rings. The number of hydrogen-bond donors (Lipinski definition) is 2. The van der Waals surface area contributed by atoms with Gasteiger partial charge >= 0.3 is 0 Å². The number of oxime groups is 1. The zero-order valence-electron chi connectivity index (χ0n) is 8.87. The van der Waals surface area contributed by atoms with E-state index in [2.05, 4.69) is 10.1 Å². The molecule has 3 N–H and O–H groups in total. The standard InChI is InChI=1S/C9H17N5O/c1-13(7-9(10)12-15)4-2-5-14-6-3-11-8-14/h3,6,8,15H,2,4-5,7H2,1H3,(H2,10,12). The summed E-state index contributed by atoms with van der Waals surface area (Å²) in [5.74, 6) is 0.236. The number of rotatable bonds is 6. The van der Waals surface area contributed by atoms with Crippen LogP contribution in [0.5, 0.6) is 0 Å². The highest BCUT2D eigenvalue weighted by molar-refractivity contribution is 5.81. The zero-order chi connectivity index (χ0) is 11.1. The summed E-state index contributed by atoms with van der Waals surface area (Å²) in [5, 5.41) is 11.3. The Kier molecular flexibility index (Phi) is 4.62. The van der Waals surface area contributed by atoms with E-state index in [1.807, 2.05) is 22.7 Å². The highest BCUT2D eigenvalue weighted by atomic mass is 16.4. The van der Waals surface area contributed by atoms with Gasteiger partial charge in [-0.05, 0) is 13.5 Å². The lowest BCUT2D eigenvalue weighted by atomic mass is 10.4. The number of nitrogens with two attached hydrogens (primary N) is 1. The van der Waals surface area contributed by atoms with Crippen molar-refractivity contribution in [3.63, 3.8) is 0 Å². The molecule has 0 aliphatic carbocycles. The van der Waals surface area contributed by atoms with Crippen LogP contribution in [-0.2, 0) is 6.54 Å². The Morgan fingerprint density at radius 2 is 2.47 bits per heavy atom. The summed E-state index contributed by atoms with van der Waals surface area (Å²) in [6, 6.07) is 0. The molecule has 1 heterocycles. The second kappa shape index (κ2) is 6.02. The third kappa shape index (κ3) is 4.46. The van der Waals surface area contributed by atoms with Crippen molar-refractivity contribution in [2.75, 3.05) is 20.1 Å². The molecule has 0 saturated heterocycles. The van der Waals surface area contributed by atoms with Gasteiger partial charge in [-0.2, -0.15) is 0 Å². The molecule has 0 bridgehead atoms. The van der Waals surface area contributed by atoms with Crippen molar-refractivity contribution < 1.29 is 5.21 Å². The normalized spacial score (nSPS) is 12.3. The average molecular weight is 211 g/mol. The molecule has 0 radical (unpaired) electrons. The van der Waals surface area contributed by atoms with Gasteiger partial charge in [-0.1, -0.05) is 5.16 Å². The molecule has 0 saturated carbocycles.